The lowest BCUT2D eigenvalue weighted by Gasteiger charge is -2.17. The third-order valence-electron chi connectivity index (χ3n) is 5.34. The summed E-state index contributed by atoms with van der Waals surface area (Å²) in [5.74, 6) is 0.332. The van der Waals surface area contributed by atoms with Crippen LogP contribution < -0.4 is 15.5 Å². The van der Waals surface area contributed by atoms with Crippen LogP contribution in [0.1, 0.15) is 28.8 Å². The Hall–Kier alpha value is -2.31. The molecule has 2 amide bonds. The number of nitrogens with one attached hydrogen (secondary N) is 2. The molecule has 4 rings (SSSR count). The molecule has 0 bridgehead atoms. The number of nitrogens with zero attached hydrogens (tertiary/aromatic N) is 1. The zero-order valence-electron chi connectivity index (χ0n) is 15.8. The molecule has 2 aliphatic rings. The maximum absolute atomic E-state index is 12.8. The topological polar surface area (TPSA) is 61.4 Å². The SMILES string of the molecule is O=C(NCC1CCCN1)c1ccccc1SCC(=O)N1CCc2ccccc21. The Morgan fingerprint density at radius 2 is 1.96 bits per heavy atom. The molecule has 6 heteroatoms. The number of thioether (sulfide) groups is 1. The van der Waals surface area contributed by atoms with E-state index < -0.39 is 0 Å². The molecule has 0 aliphatic carbocycles. The van der Waals surface area contributed by atoms with Gasteiger partial charge in [0.05, 0.1) is 11.3 Å². The number of rotatable bonds is 6. The molecular weight excluding hydrogens is 370 g/mol. The van der Waals surface area contributed by atoms with Crippen LogP contribution in [0.4, 0.5) is 5.69 Å². The highest BCUT2D eigenvalue weighted by atomic mass is 32.2. The number of amides is 2. The van der Waals surface area contributed by atoms with Crippen molar-refractivity contribution in [3.8, 4) is 0 Å². The first-order chi connectivity index (χ1) is 13.7. The normalized spacial score (nSPS) is 18.1. The summed E-state index contributed by atoms with van der Waals surface area (Å²) in [5, 5.41) is 6.41. The Bertz CT molecular complexity index is 864. The monoisotopic (exact) mass is 395 g/mol. The molecule has 146 valence electrons. The first kappa shape index (κ1) is 19.0. The predicted octanol–water partition coefficient (Wildman–Crippen LogP) is 2.85. The van der Waals surface area contributed by atoms with Crippen molar-refractivity contribution < 1.29 is 9.59 Å². The predicted molar refractivity (Wildman–Crippen MR) is 113 cm³/mol. The van der Waals surface area contributed by atoms with Gasteiger partial charge in [0.25, 0.3) is 5.91 Å². The second kappa shape index (κ2) is 8.80. The molecule has 1 fully saturated rings. The van der Waals surface area contributed by atoms with Crippen molar-refractivity contribution in [1.29, 1.82) is 0 Å². The van der Waals surface area contributed by atoms with Crippen molar-refractivity contribution in [2.45, 2.75) is 30.2 Å². The van der Waals surface area contributed by atoms with Crippen molar-refractivity contribution in [3.63, 3.8) is 0 Å². The molecule has 2 aromatic rings. The van der Waals surface area contributed by atoms with Crippen LogP contribution in [0, 0.1) is 0 Å². The van der Waals surface area contributed by atoms with Gasteiger partial charge in [-0.05, 0) is 49.6 Å². The van der Waals surface area contributed by atoms with Gasteiger partial charge in [-0.25, -0.2) is 0 Å². The molecule has 1 atom stereocenters. The van der Waals surface area contributed by atoms with Gasteiger partial charge in [-0.1, -0.05) is 30.3 Å². The standard InChI is InChI=1S/C22H25N3O2S/c26-21(25-13-11-16-6-1-3-9-19(16)25)15-28-20-10-4-2-8-18(20)22(27)24-14-17-7-5-12-23-17/h1-4,6,8-10,17,23H,5,7,11-15H2,(H,24,27). The molecule has 2 N–H and O–H groups in total. The minimum absolute atomic E-state index is 0.0734. The van der Waals surface area contributed by atoms with Gasteiger partial charge < -0.3 is 15.5 Å². The average molecular weight is 396 g/mol. The van der Waals surface area contributed by atoms with Gasteiger partial charge in [-0.2, -0.15) is 0 Å². The molecule has 2 aromatic carbocycles. The summed E-state index contributed by atoms with van der Waals surface area (Å²) >= 11 is 1.44. The molecule has 0 radical (unpaired) electrons. The van der Waals surface area contributed by atoms with Crippen LogP contribution in [-0.4, -0.2) is 43.2 Å². The zero-order chi connectivity index (χ0) is 19.3. The van der Waals surface area contributed by atoms with Gasteiger partial charge in [-0.3, -0.25) is 9.59 Å². The highest BCUT2D eigenvalue weighted by Gasteiger charge is 2.24. The molecule has 0 saturated carbocycles. The molecule has 5 nitrogen and oxygen atoms in total. The summed E-state index contributed by atoms with van der Waals surface area (Å²) in [6.45, 7) is 2.39. The van der Waals surface area contributed by atoms with Crippen LogP contribution in [0.3, 0.4) is 0 Å². The number of hydrogen-bond donors (Lipinski definition) is 2. The second-order valence-electron chi connectivity index (χ2n) is 7.21. The highest BCUT2D eigenvalue weighted by molar-refractivity contribution is 8.00. The van der Waals surface area contributed by atoms with E-state index in [4.69, 9.17) is 0 Å². The molecule has 28 heavy (non-hydrogen) atoms. The van der Waals surface area contributed by atoms with Gasteiger partial charge in [0.1, 0.15) is 0 Å². The number of para-hydroxylation sites is 1. The Labute approximate surface area is 169 Å². The fourth-order valence-corrected chi connectivity index (χ4v) is 4.76. The van der Waals surface area contributed by atoms with Gasteiger partial charge >= 0.3 is 0 Å². The lowest BCUT2D eigenvalue weighted by molar-refractivity contribution is -0.116. The molecular formula is C22H25N3O2S. The quantitative estimate of drug-likeness (QED) is 0.739. The Balaban J connectivity index is 1.37. The van der Waals surface area contributed by atoms with E-state index in [1.54, 1.807) is 0 Å². The van der Waals surface area contributed by atoms with Gasteiger partial charge in [0, 0.05) is 29.7 Å². The largest absolute Gasteiger partial charge is 0.350 e. The number of carbonyl (C=O) groups excluding carboxylic acids is 2. The van der Waals surface area contributed by atoms with Crippen LogP contribution in [0.25, 0.3) is 0 Å². The first-order valence-electron chi connectivity index (χ1n) is 9.84. The fourth-order valence-electron chi connectivity index (χ4n) is 3.84. The zero-order valence-corrected chi connectivity index (χ0v) is 16.6. The van der Waals surface area contributed by atoms with Gasteiger partial charge in [-0.15, -0.1) is 11.8 Å². The third-order valence-corrected chi connectivity index (χ3v) is 6.40. The number of hydrogen-bond acceptors (Lipinski definition) is 4. The van der Waals surface area contributed by atoms with E-state index in [1.807, 2.05) is 47.4 Å². The van der Waals surface area contributed by atoms with E-state index in [0.29, 0.717) is 23.9 Å². The summed E-state index contributed by atoms with van der Waals surface area (Å²) in [4.78, 5) is 28.1. The van der Waals surface area contributed by atoms with Crippen LogP contribution in [-0.2, 0) is 11.2 Å². The van der Waals surface area contributed by atoms with E-state index in [-0.39, 0.29) is 11.8 Å². The van der Waals surface area contributed by atoms with Crippen molar-refractivity contribution >= 4 is 29.3 Å². The third kappa shape index (κ3) is 4.23. The van der Waals surface area contributed by atoms with E-state index in [1.165, 1.54) is 17.3 Å². The lowest BCUT2D eigenvalue weighted by Crippen LogP contribution is -2.37. The summed E-state index contributed by atoms with van der Waals surface area (Å²) in [5.41, 5.74) is 2.88. The molecule has 0 spiro atoms. The summed E-state index contributed by atoms with van der Waals surface area (Å²) < 4.78 is 0. The molecule has 1 saturated heterocycles. The van der Waals surface area contributed by atoms with Gasteiger partial charge in [0.2, 0.25) is 5.91 Å². The summed E-state index contributed by atoms with van der Waals surface area (Å²) in [6, 6.07) is 15.9. The van der Waals surface area contributed by atoms with Crippen LogP contribution in [0.15, 0.2) is 53.4 Å². The van der Waals surface area contributed by atoms with Crippen LogP contribution >= 0.6 is 11.8 Å². The van der Waals surface area contributed by atoms with Crippen molar-refractivity contribution in [1.82, 2.24) is 10.6 Å². The Kier molecular flexibility index (Phi) is 5.98. The number of benzene rings is 2. The Morgan fingerprint density at radius 1 is 1.14 bits per heavy atom. The lowest BCUT2D eigenvalue weighted by atomic mass is 10.2. The number of anilines is 1. The number of fused-ring (bicyclic) bond motifs is 1. The maximum atomic E-state index is 12.8. The average Bonchev–Trinajstić information content (AvgIpc) is 3.40. The van der Waals surface area contributed by atoms with E-state index in [0.717, 1.165) is 42.9 Å². The van der Waals surface area contributed by atoms with Crippen molar-refractivity contribution in [3.05, 3.63) is 59.7 Å². The van der Waals surface area contributed by atoms with Gasteiger partial charge in [0.15, 0.2) is 0 Å². The molecule has 1 unspecified atom stereocenters. The summed E-state index contributed by atoms with van der Waals surface area (Å²) in [7, 11) is 0. The number of carbonyl (C=O) groups is 2. The smallest absolute Gasteiger partial charge is 0.252 e. The van der Waals surface area contributed by atoms with Crippen LogP contribution in [0.5, 0.6) is 0 Å². The minimum Gasteiger partial charge on any atom is -0.350 e. The maximum Gasteiger partial charge on any atom is 0.252 e. The van der Waals surface area contributed by atoms with Crippen LogP contribution in [0.2, 0.25) is 0 Å². The summed E-state index contributed by atoms with van der Waals surface area (Å²) in [6.07, 6.45) is 3.16. The minimum atomic E-state index is -0.0734. The van der Waals surface area contributed by atoms with E-state index >= 15 is 0 Å². The first-order valence-corrected chi connectivity index (χ1v) is 10.8. The highest BCUT2D eigenvalue weighted by Crippen LogP contribution is 2.29. The fraction of sp³-hybridized carbons (Fsp3) is 0.364. The molecule has 2 aliphatic heterocycles. The second-order valence-corrected chi connectivity index (χ2v) is 8.23. The molecule has 0 aromatic heterocycles. The molecule has 2 heterocycles. The van der Waals surface area contributed by atoms with E-state index in [9.17, 15) is 9.59 Å². The Morgan fingerprint density at radius 3 is 2.82 bits per heavy atom. The van der Waals surface area contributed by atoms with E-state index in [2.05, 4.69) is 16.7 Å². The van der Waals surface area contributed by atoms with Crippen molar-refractivity contribution in [2.75, 3.05) is 30.3 Å². The van der Waals surface area contributed by atoms with Crippen molar-refractivity contribution in [2.24, 2.45) is 0 Å².